The Kier molecular flexibility index (Phi) is 2.83. The minimum absolute atomic E-state index is 0.415. The van der Waals surface area contributed by atoms with Gasteiger partial charge in [0.1, 0.15) is 5.75 Å². The molecular formula is C15H21NO. The van der Waals surface area contributed by atoms with Crippen LogP contribution in [0.3, 0.4) is 0 Å². The number of hydrogen-bond acceptors (Lipinski definition) is 2. The van der Waals surface area contributed by atoms with Crippen molar-refractivity contribution >= 4 is 0 Å². The maximum absolute atomic E-state index is 5.34. The summed E-state index contributed by atoms with van der Waals surface area (Å²) in [7, 11) is 1.75. The van der Waals surface area contributed by atoms with E-state index < -0.39 is 0 Å². The van der Waals surface area contributed by atoms with Gasteiger partial charge in [0.2, 0.25) is 0 Å². The van der Waals surface area contributed by atoms with Crippen LogP contribution in [-0.2, 0) is 11.8 Å². The monoisotopic (exact) mass is 231 g/mol. The number of benzene rings is 1. The Morgan fingerprint density at radius 3 is 2.88 bits per heavy atom. The molecule has 17 heavy (non-hydrogen) atoms. The van der Waals surface area contributed by atoms with E-state index in [-0.39, 0.29) is 0 Å². The molecule has 2 aliphatic rings. The van der Waals surface area contributed by atoms with Gasteiger partial charge in [-0.25, -0.2) is 0 Å². The quantitative estimate of drug-likeness (QED) is 0.802. The molecule has 1 aromatic carbocycles. The molecule has 1 aliphatic carbocycles. The van der Waals surface area contributed by atoms with Crippen molar-refractivity contribution in [2.24, 2.45) is 0 Å². The summed E-state index contributed by atoms with van der Waals surface area (Å²) >= 11 is 0. The first-order valence-corrected chi connectivity index (χ1v) is 6.72. The van der Waals surface area contributed by atoms with Crippen molar-refractivity contribution < 1.29 is 4.74 Å². The van der Waals surface area contributed by atoms with Gasteiger partial charge in [-0.3, -0.25) is 0 Å². The summed E-state index contributed by atoms with van der Waals surface area (Å²) in [6.07, 6.45) is 6.54. The molecule has 1 aromatic rings. The van der Waals surface area contributed by atoms with Gasteiger partial charge in [-0.15, -0.1) is 0 Å². The number of aryl methyl sites for hydroxylation is 1. The predicted molar refractivity (Wildman–Crippen MR) is 69.7 cm³/mol. The highest BCUT2D eigenvalue weighted by atomic mass is 16.5. The van der Waals surface area contributed by atoms with Crippen molar-refractivity contribution in [3.8, 4) is 5.75 Å². The third-order valence-corrected chi connectivity index (χ3v) is 4.46. The predicted octanol–water partition coefficient (Wildman–Crippen LogP) is 2.65. The second kappa shape index (κ2) is 4.34. The molecule has 1 atom stereocenters. The number of piperidine rings is 1. The van der Waals surface area contributed by atoms with Crippen LogP contribution in [0.15, 0.2) is 18.2 Å². The van der Waals surface area contributed by atoms with Crippen molar-refractivity contribution in [1.82, 2.24) is 5.32 Å². The smallest absolute Gasteiger partial charge is 0.119 e. The first-order valence-electron chi connectivity index (χ1n) is 6.72. The largest absolute Gasteiger partial charge is 0.497 e. The number of hydrogen-bond donors (Lipinski definition) is 1. The molecule has 1 aliphatic heterocycles. The fraction of sp³-hybridized carbons (Fsp3) is 0.600. The Morgan fingerprint density at radius 1 is 1.24 bits per heavy atom. The second-order valence-electron chi connectivity index (χ2n) is 5.44. The molecule has 1 N–H and O–H groups in total. The van der Waals surface area contributed by atoms with Crippen LogP contribution in [0, 0.1) is 0 Å². The molecule has 0 radical (unpaired) electrons. The molecule has 0 saturated carbocycles. The molecule has 3 rings (SSSR count). The molecule has 2 heteroatoms. The zero-order valence-electron chi connectivity index (χ0n) is 10.6. The molecule has 1 spiro atoms. The van der Waals surface area contributed by atoms with Gasteiger partial charge in [-0.1, -0.05) is 6.07 Å². The van der Waals surface area contributed by atoms with Crippen LogP contribution in [0.5, 0.6) is 5.75 Å². The summed E-state index contributed by atoms with van der Waals surface area (Å²) in [6, 6.07) is 6.67. The van der Waals surface area contributed by atoms with Crippen LogP contribution in [0.1, 0.15) is 36.8 Å². The van der Waals surface area contributed by atoms with E-state index in [1.54, 1.807) is 12.7 Å². The zero-order chi connectivity index (χ0) is 11.7. The Labute approximate surface area is 103 Å². The molecular weight excluding hydrogens is 210 g/mol. The second-order valence-corrected chi connectivity index (χ2v) is 5.44. The number of nitrogens with one attached hydrogen (secondary N) is 1. The lowest BCUT2D eigenvalue weighted by Crippen LogP contribution is -2.45. The minimum atomic E-state index is 0.415. The molecule has 92 valence electrons. The van der Waals surface area contributed by atoms with Gasteiger partial charge in [0.15, 0.2) is 0 Å². The van der Waals surface area contributed by atoms with Gasteiger partial charge in [-0.05, 0) is 61.9 Å². The highest BCUT2D eigenvalue weighted by molar-refractivity contribution is 5.42. The molecule has 0 bridgehead atoms. The van der Waals surface area contributed by atoms with E-state index in [0.717, 1.165) is 12.3 Å². The molecule has 0 aromatic heterocycles. The van der Waals surface area contributed by atoms with E-state index in [1.807, 2.05) is 0 Å². The first kappa shape index (κ1) is 11.1. The fourth-order valence-corrected chi connectivity index (χ4v) is 3.58. The van der Waals surface area contributed by atoms with Crippen LogP contribution in [0.25, 0.3) is 0 Å². The van der Waals surface area contributed by atoms with Crippen LogP contribution in [0.2, 0.25) is 0 Å². The minimum Gasteiger partial charge on any atom is -0.497 e. The average molecular weight is 231 g/mol. The van der Waals surface area contributed by atoms with Crippen molar-refractivity contribution in [1.29, 1.82) is 0 Å². The molecule has 1 saturated heterocycles. The lowest BCUT2D eigenvalue weighted by molar-refractivity contribution is 0.273. The van der Waals surface area contributed by atoms with Crippen LogP contribution in [-0.4, -0.2) is 20.2 Å². The Bertz CT molecular complexity index is 407. The van der Waals surface area contributed by atoms with Crippen LogP contribution >= 0.6 is 0 Å². The van der Waals surface area contributed by atoms with Crippen LogP contribution < -0.4 is 10.1 Å². The number of fused-ring (bicyclic) bond motifs is 2. The summed E-state index contributed by atoms with van der Waals surface area (Å²) < 4.78 is 5.34. The van der Waals surface area contributed by atoms with E-state index in [9.17, 15) is 0 Å². The Balaban J connectivity index is 2.01. The zero-order valence-corrected chi connectivity index (χ0v) is 10.6. The summed E-state index contributed by atoms with van der Waals surface area (Å²) in [5, 5.41) is 3.58. The normalized spacial score (nSPS) is 27.8. The topological polar surface area (TPSA) is 21.3 Å². The van der Waals surface area contributed by atoms with Crippen molar-refractivity contribution in [3.63, 3.8) is 0 Å². The third-order valence-electron chi connectivity index (χ3n) is 4.46. The summed E-state index contributed by atoms with van der Waals surface area (Å²) in [6.45, 7) is 2.35. The maximum Gasteiger partial charge on any atom is 0.119 e. The highest BCUT2D eigenvalue weighted by Crippen LogP contribution is 2.42. The van der Waals surface area contributed by atoms with Gasteiger partial charge >= 0.3 is 0 Å². The molecule has 2 nitrogen and oxygen atoms in total. The standard InChI is InChI=1S/C15H21NO/c1-17-13-5-6-14-12(10-13)4-2-7-15(14)8-3-9-16-11-15/h5-6,10,16H,2-4,7-9,11H2,1H3. The van der Waals surface area contributed by atoms with Gasteiger partial charge in [-0.2, -0.15) is 0 Å². The fourth-order valence-electron chi connectivity index (χ4n) is 3.58. The number of rotatable bonds is 1. The lowest BCUT2D eigenvalue weighted by atomic mass is 9.66. The Morgan fingerprint density at radius 2 is 2.12 bits per heavy atom. The molecule has 1 unspecified atom stereocenters. The Hall–Kier alpha value is -1.02. The molecule has 1 heterocycles. The van der Waals surface area contributed by atoms with Gasteiger partial charge in [0, 0.05) is 12.0 Å². The SMILES string of the molecule is COc1ccc2c(c1)CCCC21CCCNC1. The van der Waals surface area contributed by atoms with Crippen LogP contribution in [0.4, 0.5) is 0 Å². The summed E-state index contributed by atoms with van der Waals surface area (Å²) in [4.78, 5) is 0. The van der Waals surface area contributed by atoms with Crippen molar-refractivity contribution in [2.45, 2.75) is 37.5 Å². The highest BCUT2D eigenvalue weighted by Gasteiger charge is 2.37. The van der Waals surface area contributed by atoms with E-state index in [0.29, 0.717) is 5.41 Å². The van der Waals surface area contributed by atoms with Gasteiger partial charge in [0.25, 0.3) is 0 Å². The summed E-state index contributed by atoms with van der Waals surface area (Å²) in [5.74, 6) is 1.00. The first-order chi connectivity index (χ1) is 8.34. The third kappa shape index (κ3) is 1.85. The van der Waals surface area contributed by atoms with E-state index in [2.05, 4.69) is 23.5 Å². The van der Waals surface area contributed by atoms with Crippen molar-refractivity contribution in [3.05, 3.63) is 29.3 Å². The van der Waals surface area contributed by atoms with E-state index in [1.165, 1.54) is 44.2 Å². The van der Waals surface area contributed by atoms with Crippen molar-refractivity contribution in [2.75, 3.05) is 20.2 Å². The summed E-state index contributed by atoms with van der Waals surface area (Å²) in [5.41, 5.74) is 3.51. The van der Waals surface area contributed by atoms with E-state index in [4.69, 9.17) is 4.74 Å². The molecule has 0 amide bonds. The van der Waals surface area contributed by atoms with E-state index >= 15 is 0 Å². The lowest BCUT2D eigenvalue weighted by Gasteiger charge is -2.42. The van der Waals surface area contributed by atoms with Gasteiger partial charge in [0.05, 0.1) is 7.11 Å². The maximum atomic E-state index is 5.34. The number of ether oxygens (including phenoxy) is 1. The van der Waals surface area contributed by atoms with Gasteiger partial charge < -0.3 is 10.1 Å². The average Bonchev–Trinajstić information content (AvgIpc) is 2.39. The molecule has 1 fully saturated rings. The number of methoxy groups -OCH3 is 1.